The van der Waals surface area contributed by atoms with Crippen molar-refractivity contribution in [1.29, 1.82) is 0 Å². The molecule has 7 heteroatoms. The first-order valence-electron chi connectivity index (χ1n) is 6.56. The van der Waals surface area contributed by atoms with Crippen molar-refractivity contribution in [2.45, 2.75) is 25.1 Å². The Kier molecular flexibility index (Phi) is 4.41. The Bertz CT molecular complexity index is 525. The zero-order valence-electron chi connectivity index (χ0n) is 11.5. The minimum absolute atomic E-state index is 0.0635. The number of alkyl halides is 3. The molecule has 2 rings (SSSR count). The van der Waals surface area contributed by atoms with E-state index in [1.807, 2.05) is 0 Å². The molecular weight excluding hydrogens is 287 g/mol. The van der Waals surface area contributed by atoms with Crippen LogP contribution < -0.4 is 4.90 Å². The molecule has 1 N–H and O–H groups in total. The van der Waals surface area contributed by atoms with E-state index in [-0.39, 0.29) is 11.6 Å². The van der Waals surface area contributed by atoms with Crippen LogP contribution in [0.15, 0.2) is 18.2 Å². The Morgan fingerprint density at radius 3 is 2.48 bits per heavy atom. The SMILES string of the molecule is CN(c1ccc(C(F)(F)F)cc1C(=O)O)C1CCOCC1. The average molecular weight is 303 g/mol. The van der Waals surface area contributed by atoms with E-state index in [1.165, 1.54) is 6.07 Å². The molecule has 1 aromatic rings. The number of carbonyl (C=O) groups is 1. The lowest BCUT2D eigenvalue weighted by Crippen LogP contribution is -2.37. The lowest BCUT2D eigenvalue weighted by Gasteiger charge is -2.33. The van der Waals surface area contributed by atoms with Crippen LogP contribution >= 0.6 is 0 Å². The van der Waals surface area contributed by atoms with Crippen LogP contribution in [0.2, 0.25) is 0 Å². The maximum absolute atomic E-state index is 12.7. The van der Waals surface area contributed by atoms with E-state index in [4.69, 9.17) is 4.74 Å². The Balaban J connectivity index is 2.36. The lowest BCUT2D eigenvalue weighted by molar-refractivity contribution is -0.137. The zero-order chi connectivity index (χ0) is 15.6. The van der Waals surface area contributed by atoms with Crippen LogP contribution in [0.5, 0.6) is 0 Å². The highest BCUT2D eigenvalue weighted by Crippen LogP contribution is 2.33. The molecule has 0 radical (unpaired) electrons. The van der Waals surface area contributed by atoms with Crippen LogP contribution in [0.3, 0.4) is 0 Å². The van der Waals surface area contributed by atoms with Gasteiger partial charge in [0.25, 0.3) is 0 Å². The van der Waals surface area contributed by atoms with Crippen molar-refractivity contribution in [3.63, 3.8) is 0 Å². The maximum atomic E-state index is 12.7. The van der Waals surface area contributed by atoms with Crippen molar-refractivity contribution in [2.75, 3.05) is 25.2 Å². The highest BCUT2D eigenvalue weighted by Gasteiger charge is 2.32. The van der Waals surface area contributed by atoms with Crippen molar-refractivity contribution in [3.8, 4) is 0 Å². The van der Waals surface area contributed by atoms with Gasteiger partial charge in [-0.2, -0.15) is 13.2 Å². The molecule has 1 heterocycles. The van der Waals surface area contributed by atoms with E-state index in [9.17, 15) is 23.1 Å². The third kappa shape index (κ3) is 3.47. The fourth-order valence-electron chi connectivity index (χ4n) is 2.46. The van der Waals surface area contributed by atoms with Crippen LogP contribution in [-0.4, -0.2) is 37.4 Å². The van der Waals surface area contributed by atoms with Crippen LogP contribution in [0.25, 0.3) is 0 Å². The van der Waals surface area contributed by atoms with Crippen molar-refractivity contribution < 1.29 is 27.8 Å². The molecule has 0 atom stereocenters. The molecule has 0 bridgehead atoms. The fourth-order valence-corrected chi connectivity index (χ4v) is 2.46. The van der Waals surface area contributed by atoms with E-state index in [0.29, 0.717) is 25.0 Å². The molecule has 0 saturated carbocycles. The van der Waals surface area contributed by atoms with Gasteiger partial charge in [0.2, 0.25) is 0 Å². The number of carboxylic acids is 1. The topological polar surface area (TPSA) is 49.8 Å². The van der Waals surface area contributed by atoms with Gasteiger partial charge < -0.3 is 14.7 Å². The largest absolute Gasteiger partial charge is 0.478 e. The second-order valence-electron chi connectivity index (χ2n) is 4.99. The molecule has 0 aromatic heterocycles. The Hall–Kier alpha value is -1.76. The first kappa shape index (κ1) is 15.6. The van der Waals surface area contributed by atoms with Crippen molar-refractivity contribution >= 4 is 11.7 Å². The van der Waals surface area contributed by atoms with E-state index in [0.717, 1.165) is 18.9 Å². The molecule has 21 heavy (non-hydrogen) atoms. The van der Waals surface area contributed by atoms with E-state index in [2.05, 4.69) is 0 Å². The number of aromatic carboxylic acids is 1. The van der Waals surface area contributed by atoms with Crippen LogP contribution in [-0.2, 0) is 10.9 Å². The Labute approximate surface area is 120 Å². The highest BCUT2D eigenvalue weighted by atomic mass is 19.4. The van der Waals surface area contributed by atoms with Crippen LogP contribution in [0, 0.1) is 0 Å². The van der Waals surface area contributed by atoms with Gasteiger partial charge in [-0.05, 0) is 31.0 Å². The van der Waals surface area contributed by atoms with Crippen LogP contribution in [0.4, 0.5) is 18.9 Å². The number of benzene rings is 1. The quantitative estimate of drug-likeness (QED) is 0.932. The minimum atomic E-state index is -4.56. The molecule has 0 amide bonds. The maximum Gasteiger partial charge on any atom is 0.416 e. The van der Waals surface area contributed by atoms with Gasteiger partial charge in [-0.3, -0.25) is 0 Å². The summed E-state index contributed by atoms with van der Waals surface area (Å²) in [5.74, 6) is -1.37. The molecular formula is C14H16F3NO3. The molecule has 0 spiro atoms. The van der Waals surface area contributed by atoms with Gasteiger partial charge in [0.15, 0.2) is 0 Å². The lowest BCUT2D eigenvalue weighted by atomic mass is 10.0. The second kappa shape index (κ2) is 5.93. The highest BCUT2D eigenvalue weighted by molar-refractivity contribution is 5.94. The normalized spacial score (nSPS) is 16.8. The number of anilines is 1. The zero-order valence-corrected chi connectivity index (χ0v) is 11.5. The third-order valence-electron chi connectivity index (χ3n) is 3.67. The summed E-state index contributed by atoms with van der Waals surface area (Å²) >= 11 is 0. The number of rotatable bonds is 3. The first-order chi connectivity index (χ1) is 9.80. The molecule has 1 aromatic carbocycles. The fraction of sp³-hybridized carbons (Fsp3) is 0.500. The predicted molar refractivity (Wildman–Crippen MR) is 70.6 cm³/mol. The first-order valence-corrected chi connectivity index (χ1v) is 6.56. The Morgan fingerprint density at radius 2 is 1.95 bits per heavy atom. The van der Waals surface area contributed by atoms with Crippen LogP contribution in [0.1, 0.15) is 28.8 Å². The van der Waals surface area contributed by atoms with E-state index in [1.54, 1.807) is 11.9 Å². The number of ether oxygens (including phenoxy) is 1. The smallest absolute Gasteiger partial charge is 0.416 e. The van der Waals surface area contributed by atoms with E-state index >= 15 is 0 Å². The van der Waals surface area contributed by atoms with Gasteiger partial charge >= 0.3 is 12.1 Å². The summed E-state index contributed by atoms with van der Waals surface area (Å²) in [6.45, 7) is 1.14. The van der Waals surface area contributed by atoms with Gasteiger partial charge in [0.1, 0.15) is 0 Å². The molecule has 1 aliphatic rings. The van der Waals surface area contributed by atoms with Crippen molar-refractivity contribution in [2.24, 2.45) is 0 Å². The van der Waals surface area contributed by atoms with Gasteiger partial charge in [0, 0.05) is 26.3 Å². The van der Waals surface area contributed by atoms with Gasteiger partial charge in [-0.15, -0.1) is 0 Å². The summed E-state index contributed by atoms with van der Waals surface area (Å²) in [7, 11) is 1.70. The molecule has 1 aliphatic heterocycles. The number of hydrogen-bond donors (Lipinski definition) is 1. The van der Waals surface area contributed by atoms with E-state index < -0.39 is 17.7 Å². The summed E-state index contributed by atoms with van der Waals surface area (Å²) in [4.78, 5) is 13.0. The molecule has 116 valence electrons. The molecule has 1 saturated heterocycles. The molecule has 0 aliphatic carbocycles. The number of hydrogen-bond acceptors (Lipinski definition) is 3. The van der Waals surface area contributed by atoms with Crippen molar-refractivity contribution in [3.05, 3.63) is 29.3 Å². The monoisotopic (exact) mass is 303 g/mol. The van der Waals surface area contributed by atoms with Gasteiger partial charge in [0.05, 0.1) is 16.8 Å². The third-order valence-corrected chi connectivity index (χ3v) is 3.67. The predicted octanol–water partition coefficient (Wildman–Crippen LogP) is 3.02. The summed E-state index contributed by atoms with van der Waals surface area (Å²) in [6.07, 6.45) is -3.12. The molecule has 4 nitrogen and oxygen atoms in total. The van der Waals surface area contributed by atoms with Gasteiger partial charge in [-0.1, -0.05) is 0 Å². The summed E-state index contributed by atoms with van der Waals surface area (Å²) in [6, 6.07) is 2.89. The molecule has 0 unspecified atom stereocenters. The average Bonchev–Trinajstić information content (AvgIpc) is 2.45. The summed E-state index contributed by atoms with van der Waals surface area (Å²) in [5.41, 5.74) is -0.995. The standard InChI is InChI=1S/C14H16F3NO3/c1-18(10-4-6-21-7-5-10)12-3-2-9(14(15,16)17)8-11(12)13(19)20/h2-3,8,10H,4-7H2,1H3,(H,19,20). The summed E-state index contributed by atoms with van der Waals surface area (Å²) < 4.78 is 43.3. The minimum Gasteiger partial charge on any atom is -0.478 e. The number of carboxylic acid groups (broad SMARTS) is 1. The number of nitrogens with zero attached hydrogens (tertiary/aromatic N) is 1. The summed E-state index contributed by atoms with van der Waals surface area (Å²) in [5, 5.41) is 9.18. The molecule has 1 fully saturated rings. The second-order valence-corrected chi connectivity index (χ2v) is 4.99. The van der Waals surface area contributed by atoms with Crippen molar-refractivity contribution in [1.82, 2.24) is 0 Å². The number of halogens is 3. The Morgan fingerprint density at radius 1 is 1.33 bits per heavy atom. The van der Waals surface area contributed by atoms with Gasteiger partial charge in [-0.25, -0.2) is 4.79 Å².